The SMILES string of the molecule is CCCCOc1ccc(C)cc1S(=O)(=O)NC1CC(C)(C)NC(C)(C)C1. The van der Waals surface area contributed by atoms with Crippen molar-refractivity contribution in [3.8, 4) is 5.75 Å². The Hall–Kier alpha value is -1.11. The van der Waals surface area contributed by atoms with Crippen LogP contribution < -0.4 is 14.8 Å². The highest BCUT2D eigenvalue weighted by atomic mass is 32.2. The molecule has 5 nitrogen and oxygen atoms in total. The van der Waals surface area contributed by atoms with Gasteiger partial charge in [-0.25, -0.2) is 13.1 Å². The first-order valence-corrected chi connectivity index (χ1v) is 11.0. The Kier molecular flexibility index (Phi) is 6.41. The number of benzene rings is 1. The van der Waals surface area contributed by atoms with Gasteiger partial charge in [-0.05, 0) is 71.6 Å². The van der Waals surface area contributed by atoms with E-state index < -0.39 is 10.0 Å². The van der Waals surface area contributed by atoms with Crippen molar-refractivity contribution in [2.75, 3.05) is 6.61 Å². The van der Waals surface area contributed by atoms with Crippen LogP contribution in [-0.2, 0) is 10.0 Å². The van der Waals surface area contributed by atoms with Crippen LogP contribution in [0, 0.1) is 6.92 Å². The summed E-state index contributed by atoms with van der Waals surface area (Å²) in [4.78, 5) is 0.239. The average Bonchev–Trinajstić information content (AvgIpc) is 2.45. The number of hydrogen-bond acceptors (Lipinski definition) is 4. The van der Waals surface area contributed by atoms with Gasteiger partial charge in [0.2, 0.25) is 10.0 Å². The number of unbranched alkanes of at least 4 members (excludes halogenated alkanes) is 1. The van der Waals surface area contributed by atoms with Crippen LogP contribution in [0.2, 0.25) is 0 Å². The Morgan fingerprint density at radius 2 is 1.81 bits per heavy atom. The van der Waals surface area contributed by atoms with Crippen LogP contribution in [0.4, 0.5) is 0 Å². The van der Waals surface area contributed by atoms with Gasteiger partial charge in [-0.2, -0.15) is 0 Å². The number of ether oxygens (including phenoxy) is 1. The fraction of sp³-hybridized carbons (Fsp3) is 0.700. The van der Waals surface area contributed by atoms with Gasteiger partial charge < -0.3 is 10.1 Å². The van der Waals surface area contributed by atoms with E-state index in [1.165, 1.54) is 0 Å². The number of piperidine rings is 1. The predicted molar refractivity (Wildman–Crippen MR) is 106 cm³/mol. The second-order valence-electron chi connectivity index (χ2n) is 8.77. The molecule has 1 aliphatic heterocycles. The van der Waals surface area contributed by atoms with Crippen LogP contribution in [0.3, 0.4) is 0 Å². The summed E-state index contributed by atoms with van der Waals surface area (Å²) >= 11 is 0. The predicted octanol–water partition coefficient (Wildman–Crippen LogP) is 3.76. The number of rotatable bonds is 7. The van der Waals surface area contributed by atoms with Crippen molar-refractivity contribution in [3.63, 3.8) is 0 Å². The lowest BCUT2D eigenvalue weighted by atomic mass is 9.80. The van der Waals surface area contributed by atoms with Crippen molar-refractivity contribution < 1.29 is 13.2 Å². The van der Waals surface area contributed by atoms with E-state index in [0.717, 1.165) is 31.2 Å². The second-order valence-corrected chi connectivity index (χ2v) is 10.5. The van der Waals surface area contributed by atoms with Crippen LogP contribution >= 0.6 is 0 Å². The molecule has 1 aromatic rings. The summed E-state index contributed by atoms with van der Waals surface area (Å²) in [6, 6.07) is 5.23. The van der Waals surface area contributed by atoms with Gasteiger partial charge in [0, 0.05) is 17.1 Å². The molecule has 0 aliphatic carbocycles. The minimum atomic E-state index is -3.65. The standard InChI is InChI=1S/C20H34N2O3S/c1-7-8-11-25-17-10-9-15(2)12-18(17)26(23,24)21-16-13-19(3,4)22-20(5,6)14-16/h9-10,12,16,21-22H,7-8,11,13-14H2,1-6H3. The first-order valence-electron chi connectivity index (χ1n) is 9.49. The Morgan fingerprint density at radius 3 is 2.38 bits per heavy atom. The molecular weight excluding hydrogens is 348 g/mol. The van der Waals surface area contributed by atoms with Crippen molar-refractivity contribution in [2.45, 2.75) is 89.2 Å². The molecule has 26 heavy (non-hydrogen) atoms. The van der Waals surface area contributed by atoms with Crippen molar-refractivity contribution in [2.24, 2.45) is 0 Å². The third kappa shape index (κ3) is 5.69. The van der Waals surface area contributed by atoms with E-state index in [-0.39, 0.29) is 22.0 Å². The first-order chi connectivity index (χ1) is 11.9. The van der Waals surface area contributed by atoms with Crippen LogP contribution in [0.5, 0.6) is 5.75 Å². The molecule has 2 N–H and O–H groups in total. The van der Waals surface area contributed by atoms with E-state index >= 15 is 0 Å². The van der Waals surface area contributed by atoms with Crippen molar-refractivity contribution >= 4 is 10.0 Å². The minimum absolute atomic E-state index is 0.116. The Labute approximate surface area is 159 Å². The zero-order valence-corrected chi connectivity index (χ0v) is 17.8. The van der Waals surface area contributed by atoms with Crippen molar-refractivity contribution in [1.29, 1.82) is 0 Å². The third-order valence-electron chi connectivity index (χ3n) is 4.66. The number of sulfonamides is 1. The lowest BCUT2D eigenvalue weighted by molar-refractivity contribution is 0.157. The molecule has 1 heterocycles. The molecule has 0 aromatic heterocycles. The van der Waals surface area contributed by atoms with E-state index in [1.54, 1.807) is 12.1 Å². The van der Waals surface area contributed by atoms with E-state index in [4.69, 9.17) is 4.74 Å². The fourth-order valence-corrected chi connectivity index (χ4v) is 5.42. The fourth-order valence-electron chi connectivity index (χ4n) is 3.96. The summed E-state index contributed by atoms with van der Waals surface area (Å²) in [6.45, 7) is 12.9. The Bertz CT molecular complexity index is 711. The highest BCUT2D eigenvalue weighted by Gasteiger charge is 2.39. The average molecular weight is 383 g/mol. The largest absolute Gasteiger partial charge is 0.492 e. The highest BCUT2D eigenvalue weighted by Crippen LogP contribution is 2.31. The number of aryl methyl sites for hydroxylation is 1. The number of hydrogen-bond donors (Lipinski definition) is 2. The first kappa shape index (κ1) is 21.2. The molecule has 0 spiro atoms. The van der Waals surface area contributed by atoms with Gasteiger partial charge in [0.15, 0.2) is 0 Å². The maximum absolute atomic E-state index is 13.1. The number of nitrogens with one attached hydrogen (secondary N) is 2. The monoisotopic (exact) mass is 382 g/mol. The van der Waals surface area contributed by atoms with Crippen LogP contribution in [0.1, 0.15) is 65.9 Å². The molecule has 2 rings (SSSR count). The van der Waals surface area contributed by atoms with Gasteiger partial charge in [-0.15, -0.1) is 0 Å². The normalized spacial score (nSPS) is 20.1. The molecule has 1 fully saturated rings. The molecule has 148 valence electrons. The molecule has 1 aromatic carbocycles. The summed E-state index contributed by atoms with van der Waals surface area (Å²) in [7, 11) is -3.65. The molecule has 1 saturated heterocycles. The molecule has 0 unspecified atom stereocenters. The van der Waals surface area contributed by atoms with Gasteiger partial charge in [0.05, 0.1) is 6.61 Å². The topological polar surface area (TPSA) is 67.4 Å². The lowest BCUT2D eigenvalue weighted by Crippen LogP contribution is -2.62. The molecular formula is C20H34N2O3S. The summed E-state index contributed by atoms with van der Waals surface area (Å²) in [5, 5.41) is 3.58. The molecule has 0 atom stereocenters. The maximum Gasteiger partial charge on any atom is 0.244 e. The summed E-state index contributed by atoms with van der Waals surface area (Å²) < 4.78 is 34.9. The molecule has 0 radical (unpaired) electrons. The summed E-state index contributed by atoms with van der Waals surface area (Å²) in [5.41, 5.74) is 0.656. The third-order valence-corrected chi connectivity index (χ3v) is 6.20. The Balaban J connectivity index is 2.25. The van der Waals surface area contributed by atoms with Crippen LogP contribution in [0.25, 0.3) is 0 Å². The molecule has 0 amide bonds. The zero-order valence-electron chi connectivity index (χ0n) is 17.0. The van der Waals surface area contributed by atoms with Crippen molar-refractivity contribution in [1.82, 2.24) is 10.0 Å². The molecule has 6 heteroatoms. The van der Waals surface area contributed by atoms with E-state index in [1.807, 2.05) is 13.0 Å². The highest BCUT2D eigenvalue weighted by molar-refractivity contribution is 7.89. The van der Waals surface area contributed by atoms with Gasteiger partial charge in [-0.1, -0.05) is 19.4 Å². The molecule has 0 bridgehead atoms. The maximum atomic E-state index is 13.1. The van der Waals surface area contributed by atoms with Crippen LogP contribution in [-0.4, -0.2) is 32.1 Å². The van der Waals surface area contributed by atoms with Gasteiger partial charge >= 0.3 is 0 Å². The quantitative estimate of drug-likeness (QED) is 0.705. The summed E-state index contributed by atoms with van der Waals surface area (Å²) in [6.07, 6.45) is 3.39. The van der Waals surface area contributed by atoms with Crippen molar-refractivity contribution in [3.05, 3.63) is 23.8 Å². The van der Waals surface area contributed by atoms with Gasteiger partial charge in [-0.3, -0.25) is 0 Å². The van der Waals surface area contributed by atoms with E-state index in [2.05, 4.69) is 44.7 Å². The van der Waals surface area contributed by atoms with Crippen LogP contribution in [0.15, 0.2) is 23.1 Å². The smallest absolute Gasteiger partial charge is 0.244 e. The zero-order chi connectivity index (χ0) is 19.6. The van der Waals surface area contributed by atoms with E-state index in [0.29, 0.717) is 12.4 Å². The Morgan fingerprint density at radius 1 is 1.19 bits per heavy atom. The molecule has 1 aliphatic rings. The second kappa shape index (κ2) is 7.87. The van der Waals surface area contributed by atoms with Gasteiger partial charge in [0.25, 0.3) is 0 Å². The summed E-state index contributed by atoms with van der Waals surface area (Å²) in [5.74, 6) is 0.434. The molecule has 0 saturated carbocycles. The van der Waals surface area contributed by atoms with Gasteiger partial charge in [0.1, 0.15) is 10.6 Å². The lowest BCUT2D eigenvalue weighted by Gasteiger charge is -2.46. The van der Waals surface area contributed by atoms with E-state index in [9.17, 15) is 8.42 Å². The minimum Gasteiger partial charge on any atom is -0.492 e.